The van der Waals surface area contributed by atoms with Crippen LogP contribution in [0.4, 0.5) is 0 Å². The lowest BCUT2D eigenvalue weighted by Crippen LogP contribution is -2.18. The molecule has 0 aromatic carbocycles. The number of ether oxygens (including phenoxy) is 2. The lowest BCUT2D eigenvalue weighted by Gasteiger charge is -2.18. The van der Waals surface area contributed by atoms with Crippen molar-refractivity contribution in [3.05, 3.63) is 0 Å². The van der Waals surface area contributed by atoms with Crippen LogP contribution in [0, 0.1) is 0 Å². The van der Waals surface area contributed by atoms with Gasteiger partial charge in [0.05, 0.1) is 6.61 Å². The Labute approximate surface area is 281 Å². The molecule has 1 atom stereocenters. The molecule has 268 valence electrons. The Bertz CT molecular complexity index is 611. The molecule has 0 spiro atoms. The highest BCUT2D eigenvalue weighted by Crippen LogP contribution is 2.18. The Kier molecular flexibility index (Phi) is 36.4. The van der Waals surface area contributed by atoms with Gasteiger partial charge in [-0.15, -0.1) is 0 Å². The summed E-state index contributed by atoms with van der Waals surface area (Å²) >= 11 is 0. The smallest absolute Gasteiger partial charge is 0.306 e. The van der Waals surface area contributed by atoms with E-state index in [4.69, 9.17) is 9.47 Å². The molecule has 0 aromatic heterocycles. The van der Waals surface area contributed by atoms with E-state index in [-0.39, 0.29) is 18.0 Å². The van der Waals surface area contributed by atoms with Crippen molar-refractivity contribution >= 4 is 11.9 Å². The van der Waals surface area contributed by atoms with Crippen LogP contribution in [0.15, 0.2) is 0 Å². The monoisotopic (exact) mass is 638 g/mol. The number of nitrogens with one attached hydrogen (secondary N) is 1. The molecule has 0 saturated heterocycles. The first-order chi connectivity index (χ1) is 22.1. The van der Waals surface area contributed by atoms with Crippen molar-refractivity contribution in [3.63, 3.8) is 0 Å². The second kappa shape index (κ2) is 37.4. The molecular formula is C40H79NO4. The van der Waals surface area contributed by atoms with Crippen LogP contribution in [-0.4, -0.2) is 37.7 Å². The summed E-state index contributed by atoms with van der Waals surface area (Å²) < 4.78 is 11.4. The van der Waals surface area contributed by atoms with Gasteiger partial charge in [-0.2, -0.15) is 0 Å². The molecule has 0 heterocycles. The first-order valence-corrected chi connectivity index (χ1v) is 20.2. The summed E-state index contributed by atoms with van der Waals surface area (Å²) in [5, 5.41) is 3.54. The Balaban J connectivity index is 3.63. The van der Waals surface area contributed by atoms with Crippen LogP contribution in [-0.2, 0) is 19.1 Å². The van der Waals surface area contributed by atoms with Crippen molar-refractivity contribution in [1.29, 1.82) is 0 Å². The van der Waals surface area contributed by atoms with Crippen molar-refractivity contribution in [2.75, 3.05) is 19.7 Å². The number of carbonyl (C=O) groups excluding carboxylic acids is 2. The van der Waals surface area contributed by atoms with Crippen molar-refractivity contribution in [2.24, 2.45) is 0 Å². The summed E-state index contributed by atoms with van der Waals surface area (Å²) in [7, 11) is 0. The largest absolute Gasteiger partial charge is 0.466 e. The number of hydrogen-bond donors (Lipinski definition) is 1. The van der Waals surface area contributed by atoms with Gasteiger partial charge in [-0.1, -0.05) is 149 Å². The van der Waals surface area contributed by atoms with Crippen LogP contribution < -0.4 is 5.32 Å². The third-order valence-electron chi connectivity index (χ3n) is 9.04. The maximum absolute atomic E-state index is 12.5. The van der Waals surface area contributed by atoms with Crippen LogP contribution in [0.25, 0.3) is 0 Å². The second-order valence-corrected chi connectivity index (χ2v) is 13.6. The molecule has 0 aliphatic heterocycles. The summed E-state index contributed by atoms with van der Waals surface area (Å²) in [5.74, 6) is 0.00271. The van der Waals surface area contributed by atoms with E-state index in [2.05, 4.69) is 26.1 Å². The second-order valence-electron chi connectivity index (χ2n) is 13.6. The highest BCUT2D eigenvalue weighted by atomic mass is 16.5. The quantitative estimate of drug-likeness (QED) is 0.0542. The fourth-order valence-corrected chi connectivity index (χ4v) is 6.00. The number of carbonyl (C=O) groups is 2. The average Bonchev–Trinajstić information content (AvgIpc) is 3.03. The summed E-state index contributed by atoms with van der Waals surface area (Å²) in [4.78, 5) is 24.4. The van der Waals surface area contributed by atoms with E-state index in [1.54, 1.807) is 0 Å². The topological polar surface area (TPSA) is 64.6 Å². The lowest BCUT2D eigenvalue weighted by molar-refractivity contribution is -0.150. The summed E-state index contributed by atoms with van der Waals surface area (Å²) in [6.45, 7) is 9.45. The van der Waals surface area contributed by atoms with E-state index in [1.807, 2.05) is 0 Å². The van der Waals surface area contributed by atoms with Crippen molar-refractivity contribution in [3.8, 4) is 0 Å². The Morgan fingerprint density at radius 1 is 0.444 bits per heavy atom. The molecule has 5 nitrogen and oxygen atoms in total. The predicted molar refractivity (Wildman–Crippen MR) is 194 cm³/mol. The summed E-state index contributed by atoms with van der Waals surface area (Å²) in [6.07, 6.45) is 36.4. The third-order valence-corrected chi connectivity index (χ3v) is 9.04. The SMILES string of the molecule is CCCCCCCCCCOC(=O)CCCCCNCCCCCCCC(=O)OC(CCCCCCC)CCCCCCCC. The van der Waals surface area contributed by atoms with Crippen LogP contribution in [0.3, 0.4) is 0 Å². The molecule has 0 bridgehead atoms. The molecule has 1 N–H and O–H groups in total. The molecule has 0 saturated carbocycles. The van der Waals surface area contributed by atoms with E-state index >= 15 is 0 Å². The zero-order valence-electron chi connectivity index (χ0n) is 30.8. The third kappa shape index (κ3) is 35.6. The molecule has 1 unspecified atom stereocenters. The maximum atomic E-state index is 12.5. The molecule has 0 fully saturated rings. The standard InChI is InChI=1S/C40H79NO4/c1-4-7-10-13-15-16-22-30-37-44-39(42)33-27-23-29-36-41-35-28-21-17-20-26-34-40(43)45-38(31-24-18-12-9-6-3)32-25-19-14-11-8-5-2/h38,41H,4-37H2,1-3H3. The van der Waals surface area contributed by atoms with Crippen LogP contribution in [0.2, 0.25) is 0 Å². The van der Waals surface area contributed by atoms with Gasteiger partial charge in [0.15, 0.2) is 0 Å². The molecule has 0 rings (SSSR count). The van der Waals surface area contributed by atoms with Crippen LogP contribution in [0.1, 0.15) is 220 Å². The molecule has 0 amide bonds. The molecule has 0 aliphatic rings. The Hall–Kier alpha value is -1.10. The molecule has 0 aromatic rings. The van der Waals surface area contributed by atoms with E-state index in [1.165, 1.54) is 135 Å². The normalized spacial score (nSPS) is 12.0. The van der Waals surface area contributed by atoms with Gasteiger partial charge in [0.2, 0.25) is 0 Å². The van der Waals surface area contributed by atoms with Gasteiger partial charge in [0, 0.05) is 12.8 Å². The predicted octanol–water partition coefficient (Wildman–Crippen LogP) is 12.2. The highest BCUT2D eigenvalue weighted by Gasteiger charge is 2.14. The number of hydrogen-bond acceptors (Lipinski definition) is 5. The van der Waals surface area contributed by atoms with Crippen LogP contribution >= 0.6 is 0 Å². The van der Waals surface area contributed by atoms with Crippen molar-refractivity contribution in [1.82, 2.24) is 5.32 Å². The van der Waals surface area contributed by atoms with Gasteiger partial charge >= 0.3 is 11.9 Å². The highest BCUT2D eigenvalue weighted by molar-refractivity contribution is 5.69. The number of rotatable bonds is 37. The first kappa shape index (κ1) is 43.9. The summed E-state index contributed by atoms with van der Waals surface area (Å²) in [6, 6.07) is 0. The van der Waals surface area contributed by atoms with Gasteiger partial charge in [0.25, 0.3) is 0 Å². The molecule has 0 aliphatic carbocycles. The summed E-state index contributed by atoms with van der Waals surface area (Å²) in [5.41, 5.74) is 0. The maximum Gasteiger partial charge on any atom is 0.306 e. The minimum atomic E-state index is -0.0232. The van der Waals surface area contributed by atoms with Gasteiger partial charge in [-0.25, -0.2) is 0 Å². The fraction of sp³-hybridized carbons (Fsp3) is 0.950. The van der Waals surface area contributed by atoms with E-state index in [0.717, 1.165) is 64.5 Å². The van der Waals surface area contributed by atoms with Crippen molar-refractivity contribution in [2.45, 2.75) is 226 Å². The number of unbranched alkanes of at least 4 members (excludes halogenated alkanes) is 22. The molecule has 45 heavy (non-hydrogen) atoms. The van der Waals surface area contributed by atoms with Crippen molar-refractivity contribution < 1.29 is 19.1 Å². The zero-order chi connectivity index (χ0) is 32.9. The minimum absolute atomic E-state index is 0.0232. The van der Waals surface area contributed by atoms with Crippen LogP contribution in [0.5, 0.6) is 0 Å². The van der Waals surface area contributed by atoms with Gasteiger partial charge < -0.3 is 14.8 Å². The zero-order valence-corrected chi connectivity index (χ0v) is 30.8. The minimum Gasteiger partial charge on any atom is -0.466 e. The van der Waals surface area contributed by atoms with E-state index < -0.39 is 0 Å². The van der Waals surface area contributed by atoms with Gasteiger partial charge in [-0.3, -0.25) is 9.59 Å². The molecular weight excluding hydrogens is 558 g/mol. The lowest BCUT2D eigenvalue weighted by atomic mass is 10.0. The fourth-order valence-electron chi connectivity index (χ4n) is 6.00. The molecule has 5 heteroatoms. The number of esters is 2. The Morgan fingerprint density at radius 2 is 0.822 bits per heavy atom. The molecule has 0 radical (unpaired) electrons. The Morgan fingerprint density at radius 3 is 1.33 bits per heavy atom. The van der Waals surface area contributed by atoms with Gasteiger partial charge in [-0.05, 0) is 70.9 Å². The van der Waals surface area contributed by atoms with E-state index in [9.17, 15) is 9.59 Å². The average molecular weight is 638 g/mol. The first-order valence-electron chi connectivity index (χ1n) is 20.2. The van der Waals surface area contributed by atoms with Gasteiger partial charge in [0.1, 0.15) is 6.10 Å². The van der Waals surface area contributed by atoms with E-state index in [0.29, 0.717) is 19.4 Å².